The second-order valence-corrected chi connectivity index (χ2v) is 11.7. The molecule has 0 spiro atoms. The van der Waals surface area contributed by atoms with Crippen LogP contribution in [0.3, 0.4) is 0 Å². The number of ether oxygens (including phenoxy) is 1. The Balaban J connectivity index is 1.75. The molecule has 5 nitrogen and oxygen atoms in total. The van der Waals surface area contributed by atoms with E-state index in [0.717, 1.165) is 29.9 Å². The molecule has 0 aromatic heterocycles. The summed E-state index contributed by atoms with van der Waals surface area (Å²) in [6.45, 7) is 7.45. The van der Waals surface area contributed by atoms with Crippen LogP contribution in [0.1, 0.15) is 50.3 Å². The van der Waals surface area contributed by atoms with Crippen LogP contribution in [0.4, 0.5) is 5.69 Å². The van der Waals surface area contributed by atoms with Crippen molar-refractivity contribution in [2.45, 2.75) is 52.2 Å². The average Bonchev–Trinajstić information content (AvgIpc) is 3.45. The van der Waals surface area contributed by atoms with Gasteiger partial charge in [0.05, 0.1) is 25.2 Å². The SMILES string of the molecule is CCCN(c1cc(C=CC2CC2C)cc(COC[C@](C)(N)Cc2ccccc2)c1)S(C)(=O)=O. The zero-order valence-electron chi connectivity index (χ0n) is 20.3. The van der Waals surface area contributed by atoms with Crippen molar-refractivity contribution in [1.82, 2.24) is 0 Å². The van der Waals surface area contributed by atoms with Gasteiger partial charge in [-0.2, -0.15) is 0 Å². The maximum atomic E-state index is 12.4. The molecule has 2 aromatic rings. The zero-order chi connectivity index (χ0) is 24.1. The Kier molecular flexibility index (Phi) is 8.38. The minimum atomic E-state index is -3.37. The predicted octanol–water partition coefficient (Wildman–Crippen LogP) is 5.01. The van der Waals surface area contributed by atoms with E-state index in [0.29, 0.717) is 31.4 Å². The van der Waals surface area contributed by atoms with Gasteiger partial charge in [0.25, 0.3) is 0 Å². The van der Waals surface area contributed by atoms with Crippen LogP contribution in [0.2, 0.25) is 0 Å². The smallest absolute Gasteiger partial charge is 0.232 e. The number of hydrogen-bond donors (Lipinski definition) is 1. The molecule has 2 unspecified atom stereocenters. The highest BCUT2D eigenvalue weighted by molar-refractivity contribution is 7.92. The third kappa shape index (κ3) is 7.98. The Labute approximate surface area is 199 Å². The van der Waals surface area contributed by atoms with E-state index in [1.54, 1.807) is 0 Å². The molecule has 1 aliphatic rings. The van der Waals surface area contributed by atoms with Crippen LogP contribution < -0.4 is 10.0 Å². The average molecular weight is 471 g/mol. The number of hydrogen-bond acceptors (Lipinski definition) is 4. The van der Waals surface area contributed by atoms with E-state index in [2.05, 4.69) is 37.3 Å². The summed E-state index contributed by atoms with van der Waals surface area (Å²) in [7, 11) is -3.37. The van der Waals surface area contributed by atoms with Crippen LogP contribution >= 0.6 is 0 Å². The number of benzene rings is 2. The highest BCUT2D eigenvalue weighted by Crippen LogP contribution is 2.39. The van der Waals surface area contributed by atoms with Gasteiger partial charge in [-0.3, -0.25) is 4.31 Å². The molecule has 0 aliphatic heterocycles. The van der Waals surface area contributed by atoms with Gasteiger partial charge >= 0.3 is 0 Å². The lowest BCUT2D eigenvalue weighted by atomic mass is 9.95. The Morgan fingerprint density at radius 3 is 2.48 bits per heavy atom. The summed E-state index contributed by atoms with van der Waals surface area (Å²) in [5, 5.41) is 0. The van der Waals surface area contributed by atoms with E-state index < -0.39 is 15.6 Å². The van der Waals surface area contributed by atoms with E-state index in [4.69, 9.17) is 10.5 Å². The molecule has 0 saturated heterocycles. The monoisotopic (exact) mass is 470 g/mol. The maximum absolute atomic E-state index is 12.4. The van der Waals surface area contributed by atoms with Crippen molar-refractivity contribution < 1.29 is 13.2 Å². The molecular weight excluding hydrogens is 432 g/mol. The van der Waals surface area contributed by atoms with Crippen molar-refractivity contribution in [3.8, 4) is 0 Å². The number of rotatable bonds is 12. The van der Waals surface area contributed by atoms with Crippen molar-refractivity contribution in [1.29, 1.82) is 0 Å². The second kappa shape index (κ2) is 10.9. The van der Waals surface area contributed by atoms with Crippen molar-refractivity contribution >= 4 is 21.8 Å². The van der Waals surface area contributed by atoms with Gasteiger partial charge in [-0.15, -0.1) is 0 Å². The van der Waals surface area contributed by atoms with Gasteiger partial charge in [0, 0.05) is 12.1 Å². The first kappa shape index (κ1) is 25.5. The van der Waals surface area contributed by atoms with Crippen molar-refractivity contribution in [2.24, 2.45) is 17.6 Å². The van der Waals surface area contributed by atoms with Gasteiger partial charge < -0.3 is 10.5 Å². The summed E-state index contributed by atoms with van der Waals surface area (Å²) in [6.07, 6.45) is 8.28. The van der Waals surface area contributed by atoms with Gasteiger partial charge in [-0.05, 0) is 72.9 Å². The molecule has 0 radical (unpaired) electrons. The fourth-order valence-corrected chi connectivity index (χ4v) is 5.08. The maximum Gasteiger partial charge on any atom is 0.232 e. The van der Waals surface area contributed by atoms with Crippen LogP contribution in [0, 0.1) is 11.8 Å². The third-order valence-electron chi connectivity index (χ3n) is 5.97. The minimum absolute atomic E-state index is 0.375. The predicted molar refractivity (Wildman–Crippen MR) is 138 cm³/mol. The minimum Gasteiger partial charge on any atom is -0.375 e. The van der Waals surface area contributed by atoms with Gasteiger partial charge in [-0.25, -0.2) is 8.42 Å². The Morgan fingerprint density at radius 2 is 1.88 bits per heavy atom. The molecule has 6 heteroatoms. The Morgan fingerprint density at radius 1 is 1.18 bits per heavy atom. The van der Waals surface area contributed by atoms with Crippen LogP contribution in [-0.4, -0.2) is 33.4 Å². The van der Waals surface area contributed by atoms with Crippen molar-refractivity contribution in [3.63, 3.8) is 0 Å². The molecule has 3 rings (SSSR count). The largest absolute Gasteiger partial charge is 0.375 e. The first-order chi connectivity index (χ1) is 15.6. The molecule has 1 saturated carbocycles. The lowest BCUT2D eigenvalue weighted by Crippen LogP contribution is -2.43. The zero-order valence-corrected chi connectivity index (χ0v) is 21.1. The molecule has 1 aliphatic carbocycles. The molecule has 33 heavy (non-hydrogen) atoms. The molecule has 2 aromatic carbocycles. The number of sulfonamides is 1. The molecule has 180 valence electrons. The van der Waals surface area contributed by atoms with Crippen molar-refractivity contribution in [3.05, 3.63) is 71.3 Å². The van der Waals surface area contributed by atoms with E-state index >= 15 is 0 Å². The van der Waals surface area contributed by atoms with Gasteiger partial charge in [-0.1, -0.05) is 56.3 Å². The third-order valence-corrected chi connectivity index (χ3v) is 7.17. The molecule has 0 heterocycles. The van der Waals surface area contributed by atoms with Crippen LogP contribution in [0.15, 0.2) is 54.6 Å². The van der Waals surface area contributed by atoms with E-state index in [9.17, 15) is 8.42 Å². The number of allylic oxidation sites excluding steroid dienone is 1. The molecule has 1 fully saturated rings. The number of anilines is 1. The Bertz CT molecular complexity index is 1050. The normalized spacial score (nSPS) is 20.0. The number of nitrogens with two attached hydrogens (primary N) is 1. The summed E-state index contributed by atoms with van der Waals surface area (Å²) >= 11 is 0. The molecule has 2 N–H and O–H groups in total. The molecule has 0 amide bonds. The Hall–Kier alpha value is -2.15. The number of nitrogens with zero attached hydrogens (tertiary/aromatic N) is 1. The summed E-state index contributed by atoms with van der Waals surface area (Å²) in [6, 6.07) is 16.1. The lowest BCUT2D eigenvalue weighted by Gasteiger charge is -2.25. The van der Waals surface area contributed by atoms with Gasteiger partial charge in [0.1, 0.15) is 0 Å². The van der Waals surface area contributed by atoms with Crippen LogP contribution in [0.25, 0.3) is 6.08 Å². The van der Waals surface area contributed by atoms with Gasteiger partial charge in [0.15, 0.2) is 0 Å². The summed E-state index contributed by atoms with van der Waals surface area (Å²) in [5.74, 6) is 1.35. The molecule has 0 bridgehead atoms. The van der Waals surface area contributed by atoms with E-state index in [1.807, 2.05) is 44.2 Å². The van der Waals surface area contributed by atoms with E-state index in [1.165, 1.54) is 22.5 Å². The first-order valence-electron chi connectivity index (χ1n) is 11.8. The van der Waals surface area contributed by atoms with Crippen LogP contribution in [-0.2, 0) is 27.8 Å². The second-order valence-electron chi connectivity index (χ2n) is 9.81. The standard InChI is InChI=1S/C27H38N2O3S/c1-5-13-29(33(4,30)31)26-16-23(11-12-25-14-21(25)2)15-24(17-26)19-32-20-27(3,28)18-22-9-7-6-8-10-22/h6-12,15-17,21,25H,5,13-14,18-20,28H2,1-4H3/t21?,25?,27-/m1/s1. The highest BCUT2D eigenvalue weighted by Gasteiger charge is 2.29. The fourth-order valence-electron chi connectivity index (χ4n) is 4.08. The lowest BCUT2D eigenvalue weighted by molar-refractivity contribution is 0.0791. The fraction of sp³-hybridized carbons (Fsp3) is 0.481. The van der Waals surface area contributed by atoms with E-state index in [-0.39, 0.29) is 0 Å². The summed E-state index contributed by atoms with van der Waals surface area (Å²) in [5.41, 5.74) is 9.80. The summed E-state index contributed by atoms with van der Waals surface area (Å²) < 4.78 is 32.4. The molecular formula is C27H38N2O3S. The highest BCUT2D eigenvalue weighted by atomic mass is 32.2. The summed E-state index contributed by atoms with van der Waals surface area (Å²) in [4.78, 5) is 0. The molecule has 3 atom stereocenters. The topological polar surface area (TPSA) is 72.6 Å². The van der Waals surface area contributed by atoms with Gasteiger partial charge in [0.2, 0.25) is 10.0 Å². The quantitative estimate of drug-likeness (QED) is 0.473. The van der Waals surface area contributed by atoms with Crippen molar-refractivity contribution in [2.75, 3.05) is 23.7 Å². The first-order valence-corrected chi connectivity index (χ1v) is 13.6. The van der Waals surface area contributed by atoms with Crippen LogP contribution in [0.5, 0.6) is 0 Å².